The van der Waals surface area contributed by atoms with E-state index in [0.29, 0.717) is 39.3 Å². The van der Waals surface area contributed by atoms with Crippen molar-refractivity contribution in [1.29, 1.82) is 0 Å². The summed E-state index contributed by atoms with van der Waals surface area (Å²) >= 11 is 0. The van der Waals surface area contributed by atoms with Gasteiger partial charge in [0, 0.05) is 56.6 Å². The van der Waals surface area contributed by atoms with E-state index in [1.807, 2.05) is 4.90 Å². The third-order valence-electron chi connectivity index (χ3n) is 5.93. The number of hydrogen-bond acceptors (Lipinski definition) is 5. The number of carbonyl (C=O) groups excluding carboxylic acids is 1. The Hall–Kier alpha value is -1.47. The van der Waals surface area contributed by atoms with E-state index in [0.717, 1.165) is 52.2 Å². The zero-order valence-electron chi connectivity index (χ0n) is 24.3. The predicted molar refractivity (Wildman–Crippen MR) is 150 cm³/mol. The highest BCUT2D eigenvalue weighted by molar-refractivity contribution is 5.76. The maximum Gasteiger partial charge on any atom is 0.222 e. The van der Waals surface area contributed by atoms with E-state index in [1.165, 1.54) is 11.1 Å². The first-order valence-corrected chi connectivity index (χ1v) is 13.9. The van der Waals surface area contributed by atoms with Crippen molar-refractivity contribution in [3.05, 3.63) is 35.4 Å². The number of hydrogen-bond donors (Lipinski definition) is 1. The minimum Gasteiger partial charge on any atom is -0.380 e. The molecule has 1 N–H and O–H groups in total. The zero-order valence-corrected chi connectivity index (χ0v) is 24.3. The highest BCUT2D eigenvalue weighted by Crippen LogP contribution is 2.21. The topological polar surface area (TPSA) is 60.0 Å². The lowest BCUT2D eigenvalue weighted by molar-refractivity contribution is -0.134. The first kappa shape index (κ1) is 32.6. The van der Waals surface area contributed by atoms with Crippen LogP contribution in [0.15, 0.2) is 24.3 Å². The van der Waals surface area contributed by atoms with Crippen LogP contribution in [0.3, 0.4) is 0 Å². The third kappa shape index (κ3) is 15.6. The maximum atomic E-state index is 13.2. The van der Waals surface area contributed by atoms with Gasteiger partial charge in [-0.25, -0.2) is 0 Å². The summed E-state index contributed by atoms with van der Waals surface area (Å²) in [5, 5.41) is 3.47. The van der Waals surface area contributed by atoms with E-state index in [2.05, 4.69) is 78.0 Å². The fourth-order valence-electron chi connectivity index (χ4n) is 3.91. The number of nitrogens with zero attached hydrogens (tertiary/aromatic N) is 1. The van der Waals surface area contributed by atoms with Crippen LogP contribution in [0.25, 0.3) is 0 Å². The van der Waals surface area contributed by atoms with Crippen LogP contribution in [0, 0.1) is 17.8 Å². The number of amides is 1. The van der Waals surface area contributed by atoms with Crippen LogP contribution in [0.4, 0.5) is 0 Å². The fourth-order valence-corrected chi connectivity index (χ4v) is 3.91. The quantitative estimate of drug-likeness (QED) is 0.230. The molecule has 1 aromatic carbocycles. The van der Waals surface area contributed by atoms with Crippen LogP contribution in [0.2, 0.25) is 0 Å². The van der Waals surface area contributed by atoms with Crippen LogP contribution in [-0.2, 0) is 25.4 Å². The van der Waals surface area contributed by atoms with Gasteiger partial charge < -0.3 is 24.4 Å². The van der Waals surface area contributed by atoms with E-state index in [4.69, 9.17) is 14.2 Å². The normalized spacial score (nSPS) is 12.2. The number of ether oxygens (including phenoxy) is 3. The molecule has 36 heavy (non-hydrogen) atoms. The van der Waals surface area contributed by atoms with E-state index in [1.54, 1.807) is 0 Å². The summed E-state index contributed by atoms with van der Waals surface area (Å²) < 4.78 is 17.4. The number of rotatable bonds is 21. The Balaban J connectivity index is 2.54. The van der Waals surface area contributed by atoms with Crippen molar-refractivity contribution in [2.75, 3.05) is 65.8 Å². The van der Waals surface area contributed by atoms with Gasteiger partial charge in [-0.1, -0.05) is 71.4 Å². The van der Waals surface area contributed by atoms with Crippen molar-refractivity contribution in [3.63, 3.8) is 0 Å². The van der Waals surface area contributed by atoms with E-state index in [9.17, 15) is 4.79 Å². The first-order valence-electron chi connectivity index (χ1n) is 13.9. The SMILES string of the molecule is CCCOCCNCC(C)(C)COCC(C)(C)CN(CCOCCC)C(=O)CCc1ccc(C)cc1. The zero-order chi connectivity index (χ0) is 26.9. The van der Waals surface area contributed by atoms with Gasteiger partial charge in [-0.15, -0.1) is 0 Å². The van der Waals surface area contributed by atoms with Gasteiger partial charge in [0.25, 0.3) is 0 Å². The Kier molecular flexibility index (Phi) is 16.2. The molecular weight excluding hydrogens is 452 g/mol. The Morgan fingerprint density at radius 1 is 0.861 bits per heavy atom. The molecule has 0 radical (unpaired) electrons. The molecule has 6 heteroatoms. The van der Waals surface area contributed by atoms with Gasteiger partial charge in [0.05, 0.1) is 26.4 Å². The average Bonchev–Trinajstić information content (AvgIpc) is 2.82. The molecule has 1 amide bonds. The molecule has 0 saturated carbocycles. The highest BCUT2D eigenvalue weighted by atomic mass is 16.5. The minimum atomic E-state index is -0.151. The minimum absolute atomic E-state index is 0.0262. The summed E-state index contributed by atoms with van der Waals surface area (Å²) in [5.74, 6) is 0.179. The molecule has 0 bridgehead atoms. The summed E-state index contributed by atoms with van der Waals surface area (Å²) in [6.07, 6.45) is 3.30. The Morgan fingerprint density at radius 3 is 2.11 bits per heavy atom. The van der Waals surface area contributed by atoms with Crippen molar-refractivity contribution in [3.8, 4) is 0 Å². The van der Waals surface area contributed by atoms with E-state index >= 15 is 0 Å². The molecule has 208 valence electrons. The van der Waals surface area contributed by atoms with Gasteiger partial charge >= 0.3 is 0 Å². The van der Waals surface area contributed by atoms with Crippen LogP contribution in [0.1, 0.15) is 71.9 Å². The smallest absolute Gasteiger partial charge is 0.222 e. The maximum absolute atomic E-state index is 13.2. The van der Waals surface area contributed by atoms with Gasteiger partial charge in [-0.2, -0.15) is 0 Å². The summed E-state index contributed by atoms with van der Waals surface area (Å²) in [6.45, 7) is 22.2. The monoisotopic (exact) mass is 506 g/mol. The summed E-state index contributed by atoms with van der Waals surface area (Å²) in [4.78, 5) is 15.2. The summed E-state index contributed by atoms with van der Waals surface area (Å²) in [7, 11) is 0. The molecule has 0 fully saturated rings. The predicted octanol–water partition coefficient (Wildman–Crippen LogP) is 5.27. The molecule has 0 heterocycles. The molecule has 0 unspecified atom stereocenters. The van der Waals surface area contributed by atoms with Crippen LogP contribution >= 0.6 is 0 Å². The molecule has 0 aliphatic carbocycles. The fraction of sp³-hybridized carbons (Fsp3) is 0.767. The van der Waals surface area contributed by atoms with Gasteiger partial charge in [0.15, 0.2) is 0 Å². The van der Waals surface area contributed by atoms with Crippen LogP contribution < -0.4 is 5.32 Å². The summed E-state index contributed by atoms with van der Waals surface area (Å²) in [5.41, 5.74) is 2.31. The first-order chi connectivity index (χ1) is 17.1. The van der Waals surface area contributed by atoms with Gasteiger partial charge in [0.2, 0.25) is 5.91 Å². The molecule has 0 spiro atoms. The second kappa shape index (κ2) is 17.9. The number of benzene rings is 1. The average molecular weight is 507 g/mol. The van der Waals surface area contributed by atoms with Crippen molar-refractivity contribution >= 4 is 5.91 Å². The van der Waals surface area contributed by atoms with E-state index < -0.39 is 0 Å². The summed E-state index contributed by atoms with van der Waals surface area (Å²) in [6, 6.07) is 8.44. The molecular formula is C30H54N2O4. The number of carbonyl (C=O) groups is 1. The van der Waals surface area contributed by atoms with Gasteiger partial charge in [0.1, 0.15) is 0 Å². The lowest BCUT2D eigenvalue weighted by Gasteiger charge is -2.34. The van der Waals surface area contributed by atoms with Gasteiger partial charge in [-0.05, 0) is 31.7 Å². The Labute approximate surface area is 221 Å². The number of nitrogens with one attached hydrogen (secondary N) is 1. The second-order valence-electron chi connectivity index (χ2n) is 11.5. The van der Waals surface area contributed by atoms with Crippen molar-refractivity contribution in [1.82, 2.24) is 10.2 Å². The lowest BCUT2D eigenvalue weighted by Crippen LogP contribution is -2.43. The van der Waals surface area contributed by atoms with Crippen molar-refractivity contribution in [2.45, 2.75) is 74.1 Å². The molecule has 0 aliphatic rings. The number of aryl methyl sites for hydroxylation is 2. The van der Waals surface area contributed by atoms with Gasteiger partial charge in [-0.3, -0.25) is 4.79 Å². The Morgan fingerprint density at radius 2 is 1.47 bits per heavy atom. The lowest BCUT2D eigenvalue weighted by atomic mass is 9.92. The third-order valence-corrected chi connectivity index (χ3v) is 5.93. The molecule has 6 nitrogen and oxygen atoms in total. The molecule has 1 aromatic rings. The Bertz CT molecular complexity index is 703. The standard InChI is InChI=1S/C30H54N2O4/c1-8-18-34-20-16-31-22-29(4,5)24-36-25-30(6,7)23-32(17-21-35-19-9-2)28(33)15-14-27-12-10-26(3)11-13-27/h10-13,31H,8-9,14-25H2,1-7H3. The van der Waals surface area contributed by atoms with Crippen LogP contribution in [-0.4, -0.2) is 76.6 Å². The second-order valence-corrected chi connectivity index (χ2v) is 11.5. The molecule has 1 rings (SSSR count). The molecule has 0 aliphatic heterocycles. The molecule has 0 atom stereocenters. The van der Waals surface area contributed by atoms with E-state index in [-0.39, 0.29) is 16.7 Å². The highest BCUT2D eigenvalue weighted by Gasteiger charge is 2.27. The van der Waals surface area contributed by atoms with Crippen LogP contribution in [0.5, 0.6) is 0 Å². The largest absolute Gasteiger partial charge is 0.380 e. The van der Waals surface area contributed by atoms with Crippen molar-refractivity contribution < 1.29 is 19.0 Å². The molecule has 0 saturated heterocycles. The van der Waals surface area contributed by atoms with Crippen molar-refractivity contribution in [2.24, 2.45) is 10.8 Å². The molecule has 0 aromatic heterocycles.